The summed E-state index contributed by atoms with van der Waals surface area (Å²) in [6, 6.07) is -0.252. The van der Waals surface area contributed by atoms with Crippen LogP contribution in [0.5, 0.6) is 0 Å². The molecular weight excluding hydrogens is 158 g/mol. The van der Waals surface area contributed by atoms with Crippen molar-refractivity contribution in [3.63, 3.8) is 0 Å². The van der Waals surface area contributed by atoms with Crippen LogP contribution in [0.2, 0.25) is 0 Å². The first-order valence-corrected chi connectivity index (χ1v) is 3.96. The average Bonchev–Trinajstić information content (AvgIpc) is 2.00. The fourth-order valence-electron chi connectivity index (χ4n) is 0.600. The second kappa shape index (κ2) is 6.45. The molecule has 0 fully saturated rings. The highest BCUT2D eigenvalue weighted by Gasteiger charge is 1.98. The molecule has 0 spiro atoms. The number of nitrogens with two attached hydrogens (primary N) is 1. The van der Waals surface area contributed by atoms with Crippen LogP contribution in [-0.4, -0.2) is 25.0 Å². The van der Waals surface area contributed by atoms with Gasteiger partial charge in [0.2, 0.25) is 5.91 Å². The summed E-state index contributed by atoms with van der Waals surface area (Å²) in [6.07, 6.45) is 1.07. The molecule has 0 aromatic heterocycles. The molecule has 0 heterocycles. The second-order valence-corrected chi connectivity index (χ2v) is 2.40. The molecule has 0 saturated carbocycles. The Balaban J connectivity index is 3.25. The quantitative estimate of drug-likeness (QED) is 0.527. The molecule has 0 aliphatic heterocycles. The van der Waals surface area contributed by atoms with E-state index in [4.69, 9.17) is 5.73 Å². The number of primary amides is 1. The third kappa shape index (κ3) is 6.85. The minimum atomic E-state index is -0.411. The fourth-order valence-corrected chi connectivity index (χ4v) is 0.600. The van der Waals surface area contributed by atoms with Gasteiger partial charge >= 0.3 is 6.03 Å². The van der Waals surface area contributed by atoms with Crippen molar-refractivity contribution < 1.29 is 9.59 Å². The van der Waals surface area contributed by atoms with E-state index >= 15 is 0 Å². The Kier molecular flexibility index (Phi) is 5.77. The first-order chi connectivity index (χ1) is 5.66. The van der Waals surface area contributed by atoms with Crippen LogP contribution in [0.15, 0.2) is 0 Å². The van der Waals surface area contributed by atoms with Gasteiger partial charge in [-0.25, -0.2) is 4.79 Å². The molecule has 5 heteroatoms. The Morgan fingerprint density at radius 2 is 1.83 bits per heavy atom. The van der Waals surface area contributed by atoms with E-state index in [1.807, 2.05) is 6.92 Å². The lowest BCUT2D eigenvalue weighted by Crippen LogP contribution is -2.37. The minimum absolute atomic E-state index is 0.180. The number of hydrogen-bond acceptors (Lipinski definition) is 2. The van der Waals surface area contributed by atoms with E-state index in [1.165, 1.54) is 0 Å². The highest BCUT2D eigenvalue weighted by Crippen LogP contribution is 1.74. The van der Waals surface area contributed by atoms with Crippen molar-refractivity contribution in [1.29, 1.82) is 0 Å². The SMILES string of the molecule is CCCNC(=O)NCCC(N)=O. The van der Waals surface area contributed by atoms with E-state index in [0.29, 0.717) is 13.1 Å². The zero-order valence-electron chi connectivity index (χ0n) is 7.22. The number of amides is 3. The summed E-state index contributed by atoms with van der Waals surface area (Å²) in [4.78, 5) is 21.1. The standard InChI is InChI=1S/C7H15N3O2/c1-2-4-9-7(12)10-5-3-6(8)11/h2-5H2,1H3,(H2,8,11)(H2,9,10,12). The third-order valence-electron chi connectivity index (χ3n) is 1.19. The number of carbonyl (C=O) groups excluding carboxylic acids is 2. The molecule has 0 unspecified atom stereocenters. The van der Waals surface area contributed by atoms with E-state index in [0.717, 1.165) is 6.42 Å². The van der Waals surface area contributed by atoms with Crippen LogP contribution in [0.3, 0.4) is 0 Å². The number of hydrogen-bond donors (Lipinski definition) is 3. The van der Waals surface area contributed by atoms with Crippen molar-refractivity contribution in [2.75, 3.05) is 13.1 Å². The van der Waals surface area contributed by atoms with Gasteiger partial charge in [-0.2, -0.15) is 0 Å². The molecule has 70 valence electrons. The Morgan fingerprint density at radius 1 is 1.25 bits per heavy atom. The summed E-state index contributed by atoms with van der Waals surface area (Å²) < 4.78 is 0. The highest BCUT2D eigenvalue weighted by atomic mass is 16.2. The Labute approximate surface area is 71.7 Å². The maximum atomic E-state index is 10.8. The molecule has 0 aliphatic carbocycles. The molecule has 3 amide bonds. The normalized spacial score (nSPS) is 9.08. The molecular formula is C7H15N3O2. The molecule has 5 nitrogen and oxygen atoms in total. The Hall–Kier alpha value is -1.26. The van der Waals surface area contributed by atoms with Gasteiger partial charge < -0.3 is 16.4 Å². The summed E-state index contributed by atoms with van der Waals surface area (Å²) in [5.74, 6) is -0.411. The molecule has 0 saturated heterocycles. The topological polar surface area (TPSA) is 84.2 Å². The first-order valence-electron chi connectivity index (χ1n) is 3.96. The third-order valence-corrected chi connectivity index (χ3v) is 1.19. The molecule has 0 bridgehead atoms. The Bertz CT molecular complexity index is 159. The maximum absolute atomic E-state index is 10.8. The monoisotopic (exact) mass is 173 g/mol. The van der Waals surface area contributed by atoms with Gasteiger partial charge in [0.15, 0.2) is 0 Å². The van der Waals surface area contributed by atoms with Crippen LogP contribution in [0, 0.1) is 0 Å². The van der Waals surface area contributed by atoms with Crippen molar-refractivity contribution in [3.8, 4) is 0 Å². The van der Waals surface area contributed by atoms with Crippen LogP contribution in [0.25, 0.3) is 0 Å². The van der Waals surface area contributed by atoms with Gasteiger partial charge in [-0.15, -0.1) is 0 Å². The van der Waals surface area contributed by atoms with Gasteiger partial charge in [0.25, 0.3) is 0 Å². The van der Waals surface area contributed by atoms with E-state index in [2.05, 4.69) is 10.6 Å². The lowest BCUT2D eigenvalue weighted by atomic mass is 10.4. The van der Waals surface area contributed by atoms with E-state index < -0.39 is 5.91 Å². The van der Waals surface area contributed by atoms with Crippen molar-refractivity contribution >= 4 is 11.9 Å². The van der Waals surface area contributed by atoms with Gasteiger partial charge in [0, 0.05) is 19.5 Å². The molecule has 4 N–H and O–H groups in total. The number of carbonyl (C=O) groups is 2. The summed E-state index contributed by atoms with van der Waals surface area (Å²) in [5.41, 5.74) is 4.87. The van der Waals surface area contributed by atoms with Crippen LogP contribution >= 0.6 is 0 Å². The maximum Gasteiger partial charge on any atom is 0.314 e. The number of rotatable bonds is 5. The molecule has 0 atom stereocenters. The Morgan fingerprint density at radius 3 is 2.33 bits per heavy atom. The zero-order valence-corrected chi connectivity index (χ0v) is 7.22. The molecule has 0 rings (SSSR count). The van der Waals surface area contributed by atoms with Crippen LogP contribution in [0.4, 0.5) is 4.79 Å². The highest BCUT2D eigenvalue weighted by molar-refractivity contribution is 5.76. The lowest BCUT2D eigenvalue weighted by Gasteiger charge is -2.04. The van der Waals surface area contributed by atoms with E-state index in [-0.39, 0.29) is 12.5 Å². The predicted molar refractivity (Wildman–Crippen MR) is 45.5 cm³/mol. The van der Waals surface area contributed by atoms with Crippen LogP contribution in [-0.2, 0) is 4.79 Å². The lowest BCUT2D eigenvalue weighted by molar-refractivity contribution is -0.117. The van der Waals surface area contributed by atoms with E-state index in [9.17, 15) is 9.59 Å². The first kappa shape index (κ1) is 10.7. The van der Waals surface area contributed by atoms with Gasteiger partial charge in [-0.05, 0) is 6.42 Å². The second-order valence-electron chi connectivity index (χ2n) is 2.40. The van der Waals surface area contributed by atoms with Gasteiger partial charge in [0.1, 0.15) is 0 Å². The van der Waals surface area contributed by atoms with E-state index in [1.54, 1.807) is 0 Å². The minimum Gasteiger partial charge on any atom is -0.370 e. The van der Waals surface area contributed by atoms with Crippen molar-refractivity contribution in [1.82, 2.24) is 10.6 Å². The molecule has 0 aliphatic rings. The number of nitrogens with one attached hydrogen (secondary N) is 2. The predicted octanol–water partition coefficient (Wildman–Crippen LogP) is -0.429. The molecule has 0 radical (unpaired) electrons. The summed E-state index contributed by atoms with van der Waals surface area (Å²) in [6.45, 7) is 2.90. The number of urea groups is 1. The molecule has 0 aromatic carbocycles. The van der Waals surface area contributed by atoms with Gasteiger partial charge in [0.05, 0.1) is 0 Å². The average molecular weight is 173 g/mol. The van der Waals surface area contributed by atoms with Crippen molar-refractivity contribution in [2.45, 2.75) is 19.8 Å². The molecule has 0 aromatic rings. The summed E-state index contributed by atoms with van der Waals surface area (Å²) in [5, 5.41) is 5.10. The van der Waals surface area contributed by atoms with Crippen molar-refractivity contribution in [3.05, 3.63) is 0 Å². The summed E-state index contributed by atoms with van der Waals surface area (Å²) >= 11 is 0. The van der Waals surface area contributed by atoms with Crippen LogP contribution < -0.4 is 16.4 Å². The summed E-state index contributed by atoms with van der Waals surface area (Å²) in [7, 11) is 0. The smallest absolute Gasteiger partial charge is 0.314 e. The van der Waals surface area contributed by atoms with Crippen molar-refractivity contribution in [2.24, 2.45) is 5.73 Å². The zero-order chi connectivity index (χ0) is 9.40. The largest absolute Gasteiger partial charge is 0.370 e. The van der Waals surface area contributed by atoms with Crippen LogP contribution in [0.1, 0.15) is 19.8 Å². The van der Waals surface area contributed by atoms with Gasteiger partial charge in [-0.3, -0.25) is 4.79 Å². The molecule has 12 heavy (non-hydrogen) atoms. The fraction of sp³-hybridized carbons (Fsp3) is 0.714. The van der Waals surface area contributed by atoms with Gasteiger partial charge in [-0.1, -0.05) is 6.92 Å².